The van der Waals surface area contributed by atoms with Gasteiger partial charge in [-0.2, -0.15) is 0 Å². The molecule has 3 rings (SSSR count). The van der Waals surface area contributed by atoms with Crippen LogP contribution in [-0.2, 0) is 11.2 Å². The van der Waals surface area contributed by atoms with Gasteiger partial charge in [0.05, 0.1) is 17.7 Å². The molecule has 0 aliphatic carbocycles. The normalized spacial score (nSPS) is 10.9. The Hall–Kier alpha value is -2.67. The highest BCUT2D eigenvalue weighted by molar-refractivity contribution is 7.16. The Bertz CT molecular complexity index is 877. The van der Waals surface area contributed by atoms with Crippen molar-refractivity contribution in [1.29, 1.82) is 0 Å². The van der Waals surface area contributed by atoms with Crippen molar-refractivity contribution in [3.63, 3.8) is 0 Å². The van der Waals surface area contributed by atoms with Crippen LogP contribution in [0.2, 0.25) is 0 Å². The molecule has 23 heavy (non-hydrogen) atoms. The standard InChI is InChI=1S/C16H16N4O2S/c1-9-10(2)23-16(14(9)15(17)22)19-13(21)7-11-8-20-6-4-3-5-12(20)18-11/h3-6,8H,7H2,1-2H3,(H2,17,22)(H,19,21). The second kappa shape index (κ2) is 5.85. The van der Waals surface area contributed by atoms with Gasteiger partial charge in [0.2, 0.25) is 5.91 Å². The molecule has 7 heteroatoms. The molecule has 0 spiro atoms. The lowest BCUT2D eigenvalue weighted by molar-refractivity contribution is -0.115. The van der Waals surface area contributed by atoms with E-state index < -0.39 is 5.91 Å². The van der Waals surface area contributed by atoms with Crippen LogP contribution in [0.5, 0.6) is 0 Å². The molecule has 0 atom stereocenters. The first-order chi connectivity index (χ1) is 11.0. The molecule has 0 aliphatic heterocycles. The van der Waals surface area contributed by atoms with Gasteiger partial charge < -0.3 is 15.5 Å². The third kappa shape index (κ3) is 2.95. The van der Waals surface area contributed by atoms with Gasteiger partial charge in [-0.05, 0) is 31.5 Å². The highest BCUT2D eigenvalue weighted by atomic mass is 32.1. The van der Waals surface area contributed by atoms with Gasteiger partial charge in [-0.1, -0.05) is 6.07 Å². The number of amides is 2. The largest absolute Gasteiger partial charge is 0.365 e. The maximum atomic E-state index is 12.2. The molecule has 0 fully saturated rings. The number of hydrogen-bond acceptors (Lipinski definition) is 4. The fourth-order valence-electron chi connectivity index (χ4n) is 2.42. The summed E-state index contributed by atoms with van der Waals surface area (Å²) in [6, 6.07) is 5.66. The Balaban J connectivity index is 1.80. The number of imidazole rings is 1. The first-order valence-electron chi connectivity index (χ1n) is 7.08. The number of thiophene rings is 1. The fourth-order valence-corrected chi connectivity index (χ4v) is 3.50. The van der Waals surface area contributed by atoms with E-state index in [2.05, 4.69) is 10.3 Å². The van der Waals surface area contributed by atoms with Crippen LogP contribution in [0.25, 0.3) is 5.65 Å². The summed E-state index contributed by atoms with van der Waals surface area (Å²) < 4.78 is 1.86. The number of anilines is 1. The summed E-state index contributed by atoms with van der Waals surface area (Å²) in [5.74, 6) is -0.757. The van der Waals surface area contributed by atoms with E-state index in [-0.39, 0.29) is 12.3 Å². The minimum absolute atomic E-state index is 0.135. The van der Waals surface area contributed by atoms with E-state index >= 15 is 0 Å². The van der Waals surface area contributed by atoms with E-state index in [0.29, 0.717) is 16.3 Å². The number of primary amides is 1. The quantitative estimate of drug-likeness (QED) is 0.770. The first-order valence-corrected chi connectivity index (χ1v) is 7.89. The van der Waals surface area contributed by atoms with E-state index in [1.54, 1.807) is 0 Å². The van der Waals surface area contributed by atoms with Crippen LogP contribution in [-0.4, -0.2) is 21.2 Å². The Morgan fingerprint density at radius 3 is 2.83 bits per heavy atom. The number of carbonyl (C=O) groups is 2. The molecule has 3 aromatic heterocycles. The van der Waals surface area contributed by atoms with Crippen molar-refractivity contribution in [3.8, 4) is 0 Å². The predicted octanol–water partition coefficient (Wildman–Crippen LogP) is 2.29. The third-order valence-electron chi connectivity index (χ3n) is 3.64. The van der Waals surface area contributed by atoms with Crippen molar-refractivity contribution in [1.82, 2.24) is 9.38 Å². The number of aromatic nitrogens is 2. The second-order valence-electron chi connectivity index (χ2n) is 5.27. The second-order valence-corrected chi connectivity index (χ2v) is 6.50. The molecular weight excluding hydrogens is 312 g/mol. The number of nitrogens with one attached hydrogen (secondary N) is 1. The van der Waals surface area contributed by atoms with E-state index in [0.717, 1.165) is 16.1 Å². The molecule has 0 bridgehead atoms. The van der Waals surface area contributed by atoms with Crippen molar-refractivity contribution >= 4 is 33.8 Å². The zero-order valence-corrected chi connectivity index (χ0v) is 13.6. The van der Waals surface area contributed by atoms with Crippen molar-refractivity contribution in [2.24, 2.45) is 5.73 Å². The monoisotopic (exact) mass is 328 g/mol. The lowest BCUT2D eigenvalue weighted by Gasteiger charge is -2.03. The van der Waals surface area contributed by atoms with Crippen LogP contribution < -0.4 is 11.1 Å². The summed E-state index contributed by atoms with van der Waals surface area (Å²) in [7, 11) is 0. The van der Waals surface area contributed by atoms with Crippen molar-refractivity contribution in [2.45, 2.75) is 20.3 Å². The molecule has 2 amide bonds. The maximum Gasteiger partial charge on any atom is 0.251 e. The average Bonchev–Trinajstić information content (AvgIpc) is 2.99. The number of aryl methyl sites for hydroxylation is 1. The number of nitrogens with two attached hydrogens (primary N) is 1. The molecule has 118 valence electrons. The number of rotatable bonds is 4. The Morgan fingerprint density at radius 2 is 2.13 bits per heavy atom. The molecule has 3 aromatic rings. The van der Waals surface area contributed by atoms with Gasteiger partial charge in [0.15, 0.2) is 0 Å². The summed E-state index contributed by atoms with van der Waals surface area (Å²) in [6.45, 7) is 3.72. The molecule has 3 N–H and O–H groups in total. The van der Waals surface area contributed by atoms with Crippen LogP contribution in [0.4, 0.5) is 5.00 Å². The highest BCUT2D eigenvalue weighted by Gasteiger charge is 2.19. The van der Waals surface area contributed by atoms with Crippen LogP contribution in [0, 0.1) is 13.8 Å². The SMILES string of the molecule is Cc1sc(NC(=O)Cc2cn3ccccc3n2)c(C(N)=O)c1C. The van der Waals surface area contributed by atoms with Crippen LogP contribution in [0.15, 0.2) is 30.6 Å². The van der Waals surface area contributed by atoms with Crippen molar-refractivity contribution in [3.05, 3.63) is 52.3 Å². The minimum atomic E-state index is -0.533. The number of pyridine rings is 1. The van der Waals surface area contributed by atoms with Gasteiger partial charge in [-0.15, -0.1) is 11.3 Å². The summed E-state index contributed by atoms with van der Waals surface area (Å²) in [4.78, 5) is 29.2. The molecular formula is C16H16N4O2S. The molecule has 0 aromatic carbocycles. The molecule has 6 nitrogen and oxygen atoms in total. The summed E-state index contributed by atoms with van der Waals surface area (Å²) in [5, 5.41) is 3.28. The molecule has 0 saturated heterocycles. The Kier molecular flexibility index (Phi) is 3.87. The Morgan fingerprint density at radius 1 is 1.35 bits per heavy atom. The van der Waals surface area contributed by atoms with Gasteiger partial charge in [0.1, 0.15) is 10.6 Å². The van der Waals surface area contributed by atoms with Crippen LogP contribution in [0.1, 0.15) is 26.5 Å². The van der Waals surface area contributed by atoms with Crippen molar-refractivity contribution < 1.29 is 9.59 Å². The zero-order chi connectivity index (χ0) is 16.6. The van der Waals surface area contributed by atoms with Crippen molar-refractivity contribution in [2.75, 3.05) is 5.32 Å². The topological polar surface area (TPSA) is 89.5 Å². The lowest BCUT2D eigenvalue weighted by atomic mass is 10.1. The number of carbonyl (C=O) groups excluding carboxylic acids is 2. The zero-order valence-electron chi connectivity index (χ0n) is 12.8. The lowest BCUT2D eigenvalue weighted by Crippen LogP contribution is -2.18. The average molecular weight is 328 g/mol. The van der Waals surface area contributed by atoms with Crippen LogP contribution >= 0.6 is 11.3 Å². The van der Waals surface area contributed by atoms with Crippen LogP contribution in [0.3, 0.4) is 0 Å². The minimum Gasteiger partial charge on any atom is -0.365 e. The maximum absolute atomic E-state index is 12.2. The van der Waals surface area contributed by atoms with E-state index in [9.17, 15) is 9.59 Å². The summed E-state index contributed by atoms with van der Waals surface area (Å²) >= 11 is 1.35. The number of nitrogens with zero attached hydrogens (tertiary/aromatic N) is 2. The predicted molar refractivity (Wildman–Crippen MR) is 89.8 cm³/mol. The summed E-state index contributed by atoms with van der Waals surface area (Å²) in [6.07, 6.45) is 3.83. The number of hydrogen-bond donors (Lipinski definition) is 2. The fraction of sp³-hybridized carbons (Fsp3) is 0.188. The van der Waals surface area contributed by atoms with Gasteiger partial charge >= 0.3 is 0 Å². The molecule has 0 unspecified atom stereocenters. The molecule has 3 heterocycles. The Labute approximate surface area is 137 Å². The number of fused-ring (bicyclic) bond motifs is 1. The van der Waals surface area contributed by atoms with Gasteiger partial charge in [0, 0.05) is 17.3 Å². The van der Waals surface area contributed by atoms with Gasteiger partial charge in [-0.25, -0.2) is 4.98 Å². The third-order valence-corrected chi connectivity index (χ3v) is 4.76. The molecule has 0 saturated carbocycles. The van der Waals surface area contributed by atoms with E-state index in [1.807, 2.05) is 48.8 Å². The highest BCUT2D eigenvalue weighted by Crippen LogP contribution is 2.32. The first kappa shape index (κ1) is 15.2. The molecule has 0 aliphatic rings. The smallest absolute Gasteiger partial charge is 0.251 e. The summed E-state index contributed by atoms with van der Waals surface area (Å²) in [5.41, 5.74) is 8.06. The van der Waals surface area contributed by atoms with Gasteiger partial charge in [-0.3, -0.25) is 9.59 Å². The molecule has 0 radical (unpaired) electrons. The van der Waals surface area contributed by atoms with Gasteiger partial charge in [0.25, 0.3) is 5.91 Å². The van der Waals surface area contributed by atoms with E-state index in [1.165, 1.54) is 11.3 Å². The van der Waals surface area contributed by atoms with E-state index in [4.69, 9.17) is 5.73 Å².